The van der Waals surface area contributed by atoms with Gasteiger partial charge in [-0.25, -0.2) is 0 Å². The van der Waals surface area contributed by atoms with E-state index < -0.39 is 0 Å². The maximum absolute atomic E-state index is 11.9. The van der Waals surface area contributed by atoms with Crippen molar-refractivity contribution in [2.75, 3.05) is 0 Å². The summed E-state index contributed by atoms with van der Waals surface area (Å²) in [5.74, 6) is -0.0829. The van der Waals surface area contributed by atoms with Gasteiger partial charge in [0.25, 0.3) is 0 Å². The summed E-state index contributed by atoms with van der Waals surface area (Å²) in [6, 6.07) is 25.5. The highest BCUT2D eigenvalue weighted by Crippen LogP contribution is 2.35. The summed E-state index contributed by atoms with van der Waals surface area (Å²) in [6.07, 6.45) is 6.20. The first kappa shape index (κ1) is 22.3. The molecule has 1 aromatic heterocycles. The Kier molecular flexibility index (Phi) is 6.84. The van der Waals surface area contributed by atoms with Gasteiger partial charge in [-0.05, 0) is 71.9 Å². The minimum Gasteiger partial charge on any atom is -0.350 e. The van der Waals surface area contributed by atoms with Gasteiger partial charge in [-0.15, -0.1) is 0 Å². The molecule has 0 saturated carbocycles. The quantitative estimate of drug-likeness (QED) is 0.258. The van der Waals surface area contributed by atoms with Crippen LogP contribution in [0.4, 0.5) is 0 Å². The van der Waals surface area contributed by atoms with Crippen molar-refractivity contribution >= 4 is 34.0 Å². The zero-order valence-corrected chi connectivity index (χ0v) is 19.3. The average Bonchev–Trinajstić information content (AvgIpc) is 3.30. The molecule has 0 saturated heterocycles. The molecule has 0 aliphatic carbocycles. The number of aromatic amines is 1. The van der Waals surface area contributed by atoms with Crippen molar-refractivity contribution in [3.8, 4) is 0 Å². The van der Waals surface area contributed by atoms with Crippen LogP contribution in [0.15, 0.2) is 85.1 Å². The molecular weight excluding hydrogens is 406 g/mol. The third kappa shape index (κ3) is 5.29. The van der Waals surface area contributed by atoms with E-state index in [0.29, 0.717) is 0 Å². The van der Waals surface area contributed by atoms with Crippen molar-refractivity contribution < 1.29 is 4.79 Å². The lowest BCUT2D eigenvalue weighted by Crippen LogP contribution is -2.28. The number of nitrogens with zero attached hydrogens (tertiary/aromatic N) is 1. The van der Waals surface area contributed by atoms with Gasteiger partial charge in [0.05, 0.1) is 11.7 Å². The van der Waals surface area contributed by atoms with Crippen molar-refractivity contribution in [2.45, 2.75) is 33.2 Å². The number of fused-ring (bicyclic) bond motifs is 1. The minimum atomic E-state index is -0.0829. The van der Waals surface area contributed by atoms with Gasteiger partial charge in [0.15, 0.2) is 0 Å². The maximum Gasteiger partial charge on any atom is 0.244 e. The number of rotatable bonds is 7. The molecule has 1 amide bonds. The molecule has 0 bridgehead atoms. The van der Waals surface area contributed by atoms with E-state index in [-0.39, 0.29) is 11.9 Å². The van der Waals surface area contributed by atoms with Crippen LogP contribution >= 0.6 is 0 Å². The Morgan fingerprint density at radius 2 is 1.70 bits per heavy atom. The lowest BCUT2D eigenvalue weighted by atomic mass is 9.87. The molecule has 0 fully saturated rings. The van der Waals surface area contributed by atoms with Crippen molar-refractivity contribution in [3.63, 3.8) is 0 Å². The SMILES string of the molecule is CCC(=C(c1ccc(C=CC(=O)NC(C)C)cc1)c1ccc2[nH]ncc2c1)c1ccccc1. The van der Waals surface area contributed by atoms with E-state index in [1.54, 1.807) is 6.08 Å². The summed E-state index contributed by atoms with van der Waals surface area (Å²) in [7, 11) is 0. The molecule has 0 unspecified atom stereocenters. The standard InChI is InChI=1S/C29H29N3O/c1-4-26(22-8-6-5-7-9-22)29(24-15-16-27-25(18-24)19-30-32-27)23-13-10-21(11-14-23)12-17-28(33)31-20(2)3/h5-20H,4H2,1-3H3,(H,30,32)(H,31,33). The zero-order chi connectivity index (χ0) is 23.2. The Hall–Kier alpha value is -3.92. The van der Waals surface area contributed by atoms with E-state index in [0.717, 1.165) is 34.0 Å². The summed E-state index contributed by atoms with van der Waals surface area (Å²) < 4.78 is 0. The van der Waals surface area contributed by atoms with Crippen LogP contribution in [-0.2, 0) is 4.79 Å². The molecule has 0 radical (unpaired) electrons. The van der Waals surface area contributed by atoms with E-state index >= 15 is 0 Å². The molecule has 2 N–H and O–H groups in total. The first-order valence-corrected chi connectivity index (χ1v) is 11.4. The number of benzene rings is 3. The number of nitrogens with one attached hydrogen (secondary N) is 2. The van der Waals surface area contributed by atoms with E-state index in [1.165, 1.54) is 16.7 Å². The number of H-pyrrole nitrogens is 1. The van der Waals surface area contributed by atoms with Gasteiger partial charge in [-0.2, -0.15) is 5.10 Å². The number of hydrogen-bond donors (Lipinski definition) is 2. The van der Waals surface area contributed by atoms with Gasteiger partial charge >= 0.3 is 0 Å². The van der Waals surface area contributed by atoms with Crippen LogP contribution in [0.5, 0.6) is 0 Å². The lowest BCUT2D eigenvalue weighted by Gasteiger charge is -2.17. The number of amides is 1. The van der Waals surface area contributed by atoms with Crippen LogP contribution < -0.4 is 5.32 Å². The number of carbonyl (C=O) groups excluding carboxylic acids is 1. The van der Waals surface area contributed by atoms with Gasteiger partial charge in [0.1, 0.15) is 0 Å². The second-order valence-electron chi connectivity index (χ2n) is 8.36. The second-order valence-corrected chi connectivity index (χ2v) is 8.36. The molecule has 0 aliphatic heterocycles. The average molecular weight is 436 g/mol. The van der Waals surface area contributed by atoms with Gasteiger partial charge in [0, 0.05) is 17.5 Å². The molecule has 4 heteroatoms. The van der Waals surface area contributed by atoms with Crippen LogP contribution in [-0.4, -0.2) is 22.1 Å². The molecule has 166 valence electrons. The molecule has 0 spiro atoms. The summed E-state index contributed by atoms with van der Waals surface area (Å²) in [5.41, 5.74) is 8.03. The first-order valence-electron chi connectivity index (χ1n) is 11.4. The lowest BCUT2D eigenvalue weighted by molar-refractivity contribution is -0.116. The largest absolute Gasteiger partial charge is 0.350 e. The number of allylic oxidation sites excluding steroid dienone is 1. The fraction of sp³-hybridized carbons (Fsp3) is 0.172. The molecule has 4 nitrogen and oxygen atoms in total. The van der Waals surface area contributed by atoms with Crippen LogP contribution in [0.2, 0.25) is 0 Å². The highest BCUT2D eigenvalue weighted by molar-refractivity contribution is 6.00. The van der Waals surface area contributed by atoms with Crippen LogP contribution in [0.3, 0.4) is 0 Å². The predicted octanol–water partition coefficient (Wildman–Crippen LogP) is 6.47. The van der Waals surface area contributed by atoms with Gasteiger partial charge in [0.2, 0.25) is 5.91 Å². The number of hydrogen-bond acceptors (Lipinski definition) is 2. The molecule has 4 rings (SSSR count). The Balaban J connectivity index is 1.77. The summed E-state index contributed by atoms with van der Waals surface area (Å²) in [4.78, 5) is 11.9. The molecule has 0 atom stereocenters. The Morgan fingerprint density at radius 1 is 0.970 bits per heavy atom. The third-order valence-electron chi connectivity index (χ3n) is 5.56. The second kappa shape index (κ2) is 10.1. The van der Waals surface area contributed by atoms with Crippen molar-refractivity contribution in [1.29, 1.82) is 0 Å². The van der Waals surface area contributed by atoms with E-state index in [9.17, 15) is 4.79 Å². The Labute approximate surface area is 195 Å². The maximum atomic E-state index is 11.9. The van der Waals surface area contributed by atoms with E-state index in [2.05, 4.69) is 89.2 Å². The van der Waals surface area contributed by atoms with Gasteiger partial charge < -0.3 is 5.32 Å². The fourth-order valence-corrected chi connectivity index (χ4v) is 4.04. The van der Waals surface area contributed by atoms with Crippen LogP contribution in [0, 0.1) is 0 Å². The highest BCUT2D eigenvalue weighted by atomic mass is 16.1. The Morgan fingerprint density at radius 3 is 2.39 bits per heavy atom. The molecule has 1 heterocycles. The normalized spacial score (nSPS) is 12.4. The first-order chi connectivity index (χ1) is 16.0. The van der Waals surface area contributed by atoms with E-state index in [1.807, 2.05) is 32.2 Å². The monoisotopic (exact) mass is 435 g/mol. The fourth-order valence-electron chi connectivity index (χ4n) is 4.04. The molecular formula is C29H29N3O. The molecule has 4 aromatic rings. The molecule has 3 aromatic carbocycles. The summed E-state index contributed by atoms with van der Waals surface area (Å²) >= 11 is 0. The number of aromatic nitrogens is 2. The van der Waals surface area contributed by atoms with E-state index in [4.69, 9.17) is 0 Å². The van der Waals surface area contributed by atoms with Crippen molar-refractivity contribution in [3.05, 3.63) is 107 Å². The van der Waals surface area contributed by atoms with Crippen LogP contribution in [0.1, 0.15) is 49.4 Å². The van der Waals surface area contributed by atoms with Crippen molar-refractivity contribution in [2.24, 2.45) is 0 Å². The topological polar surface area (TPSA) is 57.8 Å². The minimum absolute atomic E-state index is 0.0829. The summed E-state index contributed by atoms with van der Waals surface area (Å²) in [6.45, 7) is 6.10. The third-order valence-corrected chi connectivity index (χ3v) is 5.56. The predicted molar refractivity (Wildman–Crippen MR) is 137 cm³/mol. The Bertz CT molecular complexity index is 1300. The molecule has 33 heavy (non-hydrogen) atoms. The van der Waals surface area contributed by atoms with Gasteiger partial charge in [-0.1, -0.05) is 67.6 Å². The number of carbonyl (C=O) groups is 1. The van der Waals surface area contributed by atoms with Gasteiger partial charge in [-0.3, -0.25) is 9.89 Å². The smallest absolute Gasteiger partial charge is 0.244 e. The molecule has 0 aliphatic rings. The van der Waals surface area contributed by atoms with Crippen LogP contribution in [0.25, 0.3) is 28.1 Å². The highest BCUT2D eigenvalue weighted by Gasteiger charge is 2.14. The zero-order valence-electron chi connectivity index (χ0n) is 19.3. The summed E-state index contributed by atoms with van der Waals surface area (Å²) in [5, 5.41) is 11.2. The van der Waals surface area contributed by atoms with Crippen molar-refractivity contribution in [1.82, 2.24) is 15.5 Å².